The fourth-order valence-corrected chi connectivity index (χ4v) is 11.7. The highest BCUT2D eigenvalue weighted by molar-refractivity contribution is 6.07. The molecule has 0 spiro atoms. The molecule has 3 aliphatic rings. The molecule has 0 aromatic heterocycles. The number of likely N-dealkylation sites (tertiary alicyclic amines) is 1. The highest BCUT2D eigenvalue weighted by Crippen LogP contribution is 2.48. The van der Waals surface area contributed by atoms with Crippen LogP contribution < -0.4 is 0 Å². The lowest BCUT2D eigenvalue weighted by Gasteiger charge is -2.44. The van der Waals surface area contributed by atoms with Crippen molar-refractivity contribution in [3.63, 3.8) is 0 Å². The largest absolute Gasteiger partial charge is 0.327 e. The summed E-state index contributed by atoms with van der Waals surface area (Å²) in [6, 6.07) is 9.06. The molecule has 0 radical (unpaired) electrons. The van der Waals surface area contributed by atoms with Crippen molar-refractivity contribution in [1.82, 2.24) is 14.7 Å². The number of unbranched alkanes of at least 4 members (excludes halogenated alkanes) is 21. The minimum absolute atomic E-state index is 0.0874. The van der Waals surface area contributed by atoms with Gasteiger partial charge in [-0.1, -0.05) is 218 Å². The van der Waals surface area contributed by atoms with Gasteiger partial charge in [0.05, 0.1) is 6.42 Å². The molecule has 1 saturated heterocycles. The van der Waals surface area contributed by atoms with Crippen molar-refractivity contribution in [3.05, 3.63) is 66.4 Å². The van der Waals surface area contributed by atoms with Crippen LogP contribution in [0, 0.1) is 23.7 Å². The summed E-state index contributed by atoms with van der Waals surface area (Å²) in [5.74, 6) is 3.12. The molecule has 2 heterocycles. The first-order chi connectivity index (χ1) is 32.8. The van der Waals surface area contributed by atoms with E-state index in [1.165, 1.54) is 159 Å². The second-order valence-electron chi connectivity index (χ2n) is 20.9. The van der Waals surface area contributed by atoms with E-state index in [1.807, 2.05) is 41.3 Å². The van der Waals surface area contributed by atoms with Crippen LogP contribution in [-0.2, 0) is 19.2 Å². The Hall–Kier alpha value is -3.48. The molecule has 4 rings (SSSR count). The van der Waals surface area contributed by atoms with Crippen molar-refractivity contribution in [2.24, 2.45) is 23.7 Å². The third-order valence-electron chi connectivity index (χ3n) is 15.7. The van der Waals surface area contributed by atoms with E-state index in [9.17, 15) is 19.2 Å². The number of carbonyl (C=O) groups excluding carboxylic acids is 4. The number of hydrogen-bond acceptors (Lipinski definition) is 4. The van der Waals surface area contributed by atoms with Crippen LogP contribution in [0.1, 0.15) is 238 Å². The van der Waals surface area contributed by atoms with E-state index in [2.05, 4.69) is 27.4 Å². The summed E-state index contributed by atoms with van der Waals surface area (Å²) in [7, 11) is 0. The van der Waals surface area contributed by atoms with Crippen LogP contribution in [0.15, 0.2) is 60.8 Å². The van der Waals surface area contributed by atoms with Gasteiger partial charge in [0, 0.05) is 37.5 Å². The molecule has 2 fully saturated rings. The van der Waals surface area contributed by atoms with Gasteiger partial charge in [-0.15, -0.1) is 0 Å². The molecule has 7 heteroatoms. The lowest BCUT2D eigenvalue weighted by molar-refractivity contribution is -0.142. The van der Waals surface area contributed by atoms with Gasteiger partial charge >= 0.3 is 0 Å². The molecule has 5 unspecified atom stereocenters. The Morgan fingerprint density at radius 3 is 1.57 bits per heavy atom. The van der Waals surface area contributed by atoms with Crippen LogP contribution >= 0.6 is 0 Å². The average molecular weight is 924 g/mol. The molecule has 0 N–H and O–H groups in total. The lowest BCUT2D eigenvalue weighted by atomic mass is 9.61. The minimum Gasteiger partial charge on any atom is -0.327 e. The van der Waals surface area contributed by atoms with Gasteiger partial charge in [0.15, 0.2) is 0 Å². The second-order valence-corrected chi connectivity index (χ2v) is 20.9. The third-order valence-corrected chi connectivity index (χ3v) is 15.7. The molecule has 1 aliphatic carbocycles. The SMILES string of the molecule is C=C1C=CC(=O)N1CCCCCCCCC1CCC(CCCCCC)C(CCCCCCCC)C1CCCCCCCCN1C(=O)CC(N(CCCCCC)C(=O)/C=C/c2ccccc2)C1=O. The summed E-state index contributed by atoms with van der Waals surface area (Å²) in [5.41, 5.74) is 1.78. The Morgan fingerprint density at radius 2 is 1.04 bits per heavy atom. The van der Waals surface area contributed by atoms with Crippen molar-refractivity contribution >= 4 is 29.7 Å². The summed E-state index contributed by atoms with van der Waals surface area (Å²) in [4.78, 5) is 57.5. The Kier molecular flexibility index (Phi) is 28.4. The van der Waals surface area contributed by atoms with Gasteiger partial charge in [0.1, 0.15) is 6.04 Å². The van der Waals surface area contributed by atoms with E-state index < -0.39 is 6.04 Å². The molecule has 7 nitrogen and oxygen atoms in total. The number of carbonyl (C=O) groups is 4. The maximum Gasteiger partial charge on any atom is 0.252 e. The molecule has 1 saturated carbocycles. The monoisotopic (exact) mass is 924 g/mol. The maximum atomic E-state index is 13.7. The van der Waals surface area contributed by atoms with E-state index in [4.69, 9.17) is 0 Å². The second kappa shape index (κ2) is 33.9. The summed E-state index contributed by atoms with van der Waals surface area (Å²) in [6.07, 6.45) is 47.6. The molecule has 0 bridgehead atoms. The molecule has 5 atom stereocenters. The number of allylic oxidation sites excluding steroid dienone is 1. The number of amides is 4. The molecule has 1 aromatic carbocycles. The molecule has 4 amide bonds. The van der Waals surface area contributed by atoms with E-state index in [1.54, 1.807) is 23.1 Å². The van der Waals surface area contributed by atoms with Crippen LogP contribution in [0.5, 0.6) is 0 Å². The summed E-state index contributed by atoms with van der Waals surface area (Å²) in [6.45, 7) is 12.6. The van der Waals surface area contributed by atoms with Crippen LogP contribution in [0.25, 0.3) is 6.08 Å². The first kappa shape index (κ1) is 56.1. The summed E-state index contributed by atoms with van der Waals surface area (Å²) in [5, 5.41) is 0. The van der Waals surface area contributed by atoms with Gasteiger partial charge in [0.2, 0.25) is 11.8 Å². The van der Waals surface area contributed by atoms with Crippen molar-refractivity contribution in [2.45, 2.75) is 239 Å². The van der Waals surface area contributed by atoms with Crippen molar-refractivity contribution in [3.8, 4) is 0 Å². The van der Waals surface area contributed by atoms with Crippen molar-refractivity contribution < 1.29 is 19.2 Å². The Morgan fingerprint density at radius 1 is 0.582 bits per heavy atom. The normalized spacial score (nSPS) is 20.9. The highest BCUT2D eigenvalue weighted by Gasteiger charge is 2.43. The molecule has 1 aromatic rings. The van der Waals surface area contributed by atoms with Crippen LogP contribution in [0.3, 0.4) is 0 Å². The standard InChI is InChI=1S/C60H97N3O4/c1-5-8-11-14-20-29-38-54-52(36-27-12-9-6-2)42-43-53(37-28-19-15-17-22-32-46-61-50(4)40-44-57(61)64)55(54)39-30-21-16-18-23-33-48-63-59(66)49-56(60(63)67)62(47-31-13-10-7-3)58(65)45-41-51-34-25-24-26-35-51/h24-26,34-35,40-41,44-45,52-56H,4-23,27-33,36-39,42-43,46-49H2,1-3H3/b45-41+. The van der Waals surface area contributed by atoms with Crippen molar-refractivity contribution in [1.29, 1.82) is 0 Å². The van der Waals surface area contributed by atoms with Crippen LogP contribution in [0.4, 0.5) is 0 Å². The predicted molar refractivity (Wildman–Crippen MR) is 281 cm³/mol. The molecule has 67 heavy (non-hydrogen) atoms. The highest BCUT2D eigenvalue weighted by atomic mass is 16.2. The fraction of sp³-hybridized carbons (Fsp3) is 0.733. The number of hydrogen-bond donors (Lipinski definition) is 0. The number of imide groups is 1. The molecule has 376 valence electrons. The first-order valence-corrected chi connectivity index (χ1v) is 28.3. The zero-order valence-corrected chi connectivity index (χ0v) is 43.2. The smallest absolute Gasteiger partial charge is 0.252 e. The van der Waals surface area contributed by atoms with E-state index in [-0.39, 0.29) is 30.0 Å². The summed E-state index contributed by atoms with van der Waals surface area (Å²) < 4.78 is 0. The van der Waals surface area contributed by atoms with Gasteiger partial charge in [-0.25, -0.2) is 0 Å². The lowest BCUT2D eigenvalue weighted by Crippen LogP contribution is -2.45. The van der Waals surface area contributed by atoms with Crippen molar-refractivity contribution in [2.75, 3.05) is 19.6 Å². The van der Waals surface area contributed by atoms with Gasteiger partial charge in [0.25, 0.3) is 11.8 Å². The van der Waals surface area contributed by atoms with E-state index in [0.29, 0.717) is 13.1 Å². The first-order valence-electron chi connectivity index (χ1n) is 28.3. The number of rotatable bonds is 38. The van der Waals surface area contributed by atoms with Crippen LogP contribution in [0.2, 0.25) is 0 Å². The Labute approximate surface area is 410 Å². The Bertz CT molecular complexity index is 1600. The van der Waals surface area contributed by atoms with Gasteiger partial charge < -0.3 is 9.80 Å². The minimum atomic E-state index is -0.699. The van der Waals surface area contributed by atoms with Gasteiger partial charge in [-0.3, -0.25) is 24.1 Å². The Balaban J connectivity index is 1.25. The predicted octanol–water partition coefficient (Wildman–Crippen LogP) is 15.6. The van der Waals surface area contributed by atoms with Gasteiger partial charge in [-0.05, 0) is 86.3 Å². The molecular formula is C60H97N3O4. The number of benzene rings is 1. The average Bonchev–Trinajstić information content (AvgIpc) is 3.81. The maximum absolute atomic E-state index is 13.7. The summed E-state index contributed by atoms with van der Waals surface area (Å²) >= 11 is 0. The fourth-order valence-electron chi connectivity index (χ4n) is 11.7. The molecule has 2 aliphatic heterocycles. The zero-order valence-electron chi connectivity index (χ0n) is 43.2. The zero-order chi connectivity index (χ0) is 47.9. The van der Waals surface area contributed by atoms with E-state index in [0.717, 1.165) is 92.8 Å². The number of nitrogens with zero attached hydrogens (tertiary/aromatic N) is 3. The third kappa shape index (κ3) is 20.6. The topological polar surface area (TPSA) is 78.0 Å². The van der Waals surface area contributed by atoms with E-state index >= 15 is 0 Å². The van der Waals surface area contributed by atoms with Gasteiger partial charge in [-0.2, -0.15) is 0 Å². The molecular weight excluding hydrogens is 827 g/mol. The van der Waals surface area contributed by atoms with Crippen LogP contribution in [-0.4, -0.2) is 64.0 Å². The quantitative estimate of drug-likeness (QED) is 0.0376.